The van der Waals surface area contributed by atoms with E-state index in [4.69, 9.17) is 11.6 Å². The Morgan fingerprint density at radius 1 is 1.17 bits per heavy atom. The Bertz CT molecular complexity index is 959. The molecule has 0 spiro atoms. The Hall–Kier alpha value is -1.83. The summed E-state index contributed by atoms with van der Waals surface area (Å²) in [5, 5.41) is 4.30. The normalized spacial score (nSPS) is 11.4. The van der Waals surface area contributed by atoms with Crippen LogP contribution in [0.1, 0.15) is 5.56 Å². The van der Waals surface area contributed by atoms with E-state index in [1.54, 1.807) is 35.1 Å². The van der Waals surface area contributed by atoms with Gasteiger partial charge < -0.3 is 0 Å². The summed E-state index contributed by atoms with van der Waals surface area (Å²) in [6.45, 7) is 0.458. The molecule has 8 heteroatoms. The van der Waals surface area contributed by atoms with Gasteiger partial charge in [-0.15, -0.1) is 0 Å². The zero-order chi connectivity index (χ0) is 17.2. The highest BCUT2D eigenvalue weighted by Gasteiger charge is 2.19. The van der Waals surface area contributed by atoms with E-state index in [0.717, 1.165) is 5.56 Å². The van der Waals surface area contributed by atoms with Gasteiger partial charge in [-0.3, -0.25) is 9.40 Å². The van der Waals surface area contributed by atoms with E-state index in [1.165, 1.54) is 6.07 Å². The van der Waals surface area contributed by atoms with Gasteiger partial charge in [-0.25, -0.2) is 8.42 Å². The summed E-state index contributed by atoms with van der Waals surface area (Å²) in [7, 11) is -3.79. The van der Waals surface area contributed by atoms with Gasteiger partial charge in [-0.2, -0.15) is 5.10 Å². The lowest BCUT2D eigenvalue weighted by atomic mass is 10.2. The van der Waals surface area contributed by atoms with E-state index < -0.39 is 10.0 Å². The second kappa shape index (κ2) is 6.96. The third kappa shape index (κ3) is 3.80. The van der Waals surface area contributed by atoms with Gasteiger partial charge in [0, 0.05) is 16.9 Å². The van der Waals surface area contributed by atoms with Crippen LogP contribution < -0.4 is 4.72 Å². The van der Waals surface area contributed by atoms with Crippen LogP contribution in [0.3, 0.4) is 0 Å². The first-order chi connectivity index (χ1) is 11.5. The summed E-state index contributed by atoms with van der Waals surface area (Å²) >= 11 is 9.34. The Morgan fingerprint density at radius 3 is 2.67 bits per heavy atom. The molecule has 0 amide bonds. The molecule has 0 saturated carbocycles. The van der Waals surface area contributed by atoms with Crippen molar-refractivity contribution in [1.29, 1.82) is 0 Å². The molecule has 24 heavy (non-hydrogen) atoms. The Balaban J connectivity index is 1.93. The van der Waals surface area contributed by atoms with Gasteiger partial charge in [0.15, 0.2) is 0 Å². The number of aromatic nitrogens is 2. The SMILES string of the molecule is O=S(=O)(Nc1ccccc1Cn1cccn1)c1ccc(Br)cc1Cl. The summed E-state index contributed by atoms with van der Waals surface area (Å²) < 4.78 is 30.4. The lowest BCUT2D eigenvalue weighted by Crippen LogP contribution is -2.15. The molecule has 5 nitrogen and oxygen atoms in total. The van der Waals surface area contributed by atoms with Crippen molar-refractivity contribution in [2.45, 2.75) is 11.4 Å². The van der Waals surface area contributed by atoms with Crippen molar-refractivity contribution in [3.63, 3.8) is 0 Å². The van der Waals surface area contributed by atoms with E-state index in [9.17, 15) is 8.42 Å². The Kier molecular flexibility index (Phi) is 4.93. The number of sulfonamides is 1. The molecule has 0 radical (unpaired) electrons. The molecule has 1 heterocycles. The fraction of sp³-hybridized carbons (Fsp3) is 0.0625. The maximum atomic E-state index is 12.7. The van der Waals surface area contributed by atoms with E-state index in [0.29, 0.717) is 16.7 Å². The van der Waals surface area contributed by atoms with Gasteiger partial charge in [0.2, 0.25) is 0 Å². The minimum atomic E-state index is -3.79. The zero-order valence-electron chi connectivity index (χ0n) is 12.4. The molecule has 1 aromatic heterocycles. The van der Waals surface area contributed by atoms with Gasteiger partial charge in [-0.05, 0) is 35.9 Å². The molecule has 1 N–H and O–H groups in total. The van der Waals surface area contributed by atoms with Crippen LogP contribution in [-0.2, 0) is 16.6 Å². The van der Waals surface area contributed by atoms with Crippen LogP contribution in [0.4, 0.5) is 5.69 Å². The predicted octanol–water partition coefficient (Wildman–Crippen LogP) is 4.15. The number of hydrogen-bond donors (Lipinski definition) is 1. The molecule has 0 atom stereocenters. The maximum Gasteiger partial charge on any atom is 0.263 e. The third-order valence-electron chi connectivity index (χ3n) is 3.34. The van der Waals surface area contributed by atoms with Gasteiger partial charge in [-0.1, -0.05) is 45.7 Å². The summed E-state index contributed by atoms with van der Waals surface area (Å²) in [5.41, 5.74) is 1.30. The third-order valence-corrected chi connectivity index (χ3v) is 5.68. The Morgan fingerprint density at radius 2 is 1.96 bits per heavy atom. The van der Waals surface area contributed by atoms with Gasteiger partial charge in [0.05, 0.1) is 17.3 Å². The second-order valence-corrected chi connectivity index (χ2v) is 8.01. The number of benzene rings is 2. The van der Waals surface area contributed by atoms with Crippen LogP contribution in [0, 0.1) is 0 Å². The first-order valence-electron chi connectivity index (χ1n) is 6.99. The Labute approximate surface area is 153 Å². The topological polar surface area (TPSA) is 64.0 Å². The molecule has 0 aliphatic carbocycles. The minimum absolute atomic E-state index is 0.0289. The molecule has 0 fully saturated rings. The molecule has 0 aliphatic rings. The number of para-hydroxylation sites is 1. The predicted molar refractivity (Wildman–Crippen MR) is 97.7 cm³/mol. The molecule has 3 aromatic rings. The second-order valence-electron chi connectivity index (χ2n) is 5.04. The molecule has 0 bridgehead atoms. The van der Waals surface area contributed by atoms with Crippen molar-refractivity contribution < 1.29 is 8.42 Å². The minimum Gasteiger partial charge on any atom is -0.279 e. The average Bonchev–Trinajstić information content (AvgIpc) is 3.01. The fourth-order valence-corrected chi connectivity index (χ4v) is 4.36. The molecule has 0 aliphatic heterocycles. The van der Waals surface area contributed by atoms with Crippen LogP contribution in [0.25, 0.3) is 0 Å². The van der Waals surface area contributed by atoms with Crippen molar-refractivity contribution in [3.8, 4) is 0 Å². The fourth-order valence-electron chi connectivity index (χ4n) is 2.22. The lowest BCUT2D eigenvalue weighted by Gasteiger charge is -2.13. The number of nitrogens with one attached hydrogen (secondary N) is 1. The molecular weight excluding hydrogens is 414 g/mol. The van der Waals surface area contributed by atoms with E-state index >= 15 is 0 Å². The molecular formula is C16H13BrClN3O2S. The van der Waals surface area contributed by atoms with Gasteiger partial charge >= 0.3 is 0 Å². The summed E-state index contributed by atoms with van der Waals surface area (Å²) in [6.07, 6.45) is 3.49. The number of halogens is 2. The van der Waals surface area contributed by atoms with E-state index in [1.807, 2.05) is 24.4 Å². The van der Waals surface area contributed by atoms with Crippen molar-refractivity contribution in [2.24, 2.45) is 0 Å². The van der Waals surface area contributed by atoms with Crippen molar-refractivity contribution in [1.82, 2.24) is 9.78 Å². The quantitative estimate of drug-likeness (QED) is 0.666. The highest BCUT2D eigenvalue weighted by molar-refractivity contribution is 9.10. The van der Waals surface area contributed by atoms with Gasteiger partial charge in [0.25, 0.3) is 10.0 Å². The number of anilines is 1. The highest BCUT2D eigenvalue weighted by Crippen LogP contribution is 2.28. The first kappa shape index (κ1) is 17.0. The first-order valence-corrected chi connectivity index (χ1v) is 9.64. The zero-order valence-corrected chi connectivity index (χ0v) is 15.5. The summed E-state index contributed by atoms with van der Waals surface area (Å²) in [5.74, 6) is 0. The van der Waals surface area contributed by atoms with E-state index in [2.05, 4.69) is 25.8 Å². The van der Waals surface area contributed by atoms with Crippen LogP contribution in [-0.4, -0.2) is 18.2 Å². The molecule has 2 aromatic carbocycles. The molecule has 0 unspecified atom stereocenters. The highest BCUT2D eigenvalue weighted by atomic mass is 79.9. The number of nitrogens with zero attached hydrogens (tertiary/aromatic N) is 2. The van der Waals surface area contributed by atoms with Crippen LogP contribution in [0.5, 0.6) is 0 Å². The van der Waals surface area contributed by atoms with Crippen LogP contribution >= 0.6 is 27.5 Å². The molecule has 124 valence electrons. The monoisotopic (exact) mass is 425 g/mol. The largest absolute Gasteiger partial charge is 0.279 e. The number of hydrogen-bond acceptors (Lipinski definition) is 3. The van der Waals surface area contributed by atoms with Crippen molar-refractivity contribution in [2.75, 3.05) is 4.72 Å². The molecule has 0 saturated heterocycles. The smallest absolute Gasteiger partial charge is 0.263 e. The standard InChI is InChI=1S/C16H13BrClN3O2S/c17-13-6-7-16(14(18)10-13)24(22,23)20-15-5-2-1-4-12(15)11-21-9-3-8-19-21/h1-10,20H,11H2. The van der Waals surface area contributed by atoms with Crippen LogP contribution in [0.2, 0.25) is 5.02 Å². The van der Waals surface area contributed by atoms with E-state index in [-0.39, 0.29) is 9.92 Å². The lowest BCUT2D eigenvalue weighted by molar-refractivity contribution is 0.601. The van der Waals surface area contributed by atoms with Crippen LogP contribution in [0.15, 0.2) is 70.3 Å². The maximum absolute atomic E-state index is 12.7. The molecule has 3 rings (SSSR count). The summed E-state index contributed by atoms with van der Waals surface area (Å²) in [4.78, 5) is 0.0289. The van der Waals surface area contributed by atoms with Crippen molar-refractivity contribution in [3.05, 3.63) is 76.0 Å². The van der Waals surface area contributed by atoms with Gasteiger partial charge in [0.1, 0.15) is 4.90 Å². The number of rotatable bonds is 5. The average molecular weight is 427 g/mol. The van der Waals surface area contributed by atoms with Crippen molar-refractivity contribution >= 4 is 43.2 Å². The summed E-state index contributed by atoms with van der Waals surface area (Å²) in [6, 6.07) is 13.6.